The molecule has 0 amide bonds. The minimum atomic E-state index is -0.759. The lowest BCUT2D eigenvalue weighted by atomic mass is 10.1. The lowest BCUT2D eigenvalue weighted by Crippen LogP contribution is -2.42. The van der Waals surface area contributed by atoms with Crippen molar-refractivity contribution in [3.8, 4) is 0 Å². The molecule has 0 aliphatic rings. The Morgan fingerprint density at radius 2 is 1.78 bits per heavy atom. The summed E-state index contributed by atoms with van der Waals surface area (Å²) < 4.78 is 13.0. The van der Waals surface area contributed by atoms with Crippen LogP contribution in [-0.2, 0) is 6.42 Å². The van der Waals surface area contributed by atoms with Crippen molar-refractivity contribution in [3.05, 3.63) is 71.5 Å². The predicted molar refractivity (Wildman–Crippen MR) is 120 cm³/mol. The zero-order valence-corrected chi connectivity index (χ0v) is 18.2. The Morgan fingerprint density at radius 1 is 1.11 bits per heavy atom. The standard InChI is InChI=1S/C21H28FN3O.HI/c1-3-23-21(24-15-20(26)18-11-13-19(22)14-12-18)25-16(2)9-10-17-7-5-4-6-8-17;/h4-8,11-14,16,20,26H,3,9-10,15H2,1-2H3,(H2,23,24,25);1H. The largest absolute Gasteiger partial charge is 0.386 e. The van der Waals surface area contributed by atoms with E-state index in [1.165, 1.54) is 17.7 Å². The number of aliphatic imine (C=N–C) groups is 1. The van der Waals surface area contributed by atoms with Crippen molar-refractivity contribution in [1.82, 2.24) is 10.6 Å². The number of rotatable bonds is 8. The molecular formula is C21H29FIN3O. The van der Waals surface area contributed by atoms with E-state index in [4.69, 9.17) is 0 Å². The summed E-state index contributed by atoms with van der Waals surface area (Å²) in [7, 11) is 0. The molecule has 0 aromatic heterocycles. The molecule has 0 spiro atoms. The van der Waals surface area contributed by atoms with E-state index >= 15 is 0 Å². The summed E-state index contributed by atoms with van der Waals surface area (Å²) in [6, 6.07) is 16.5. The van der Waals surface area contributed by atoms with Gasteiger partial charge in [0, 0.05) is 12.6 Å². The van der Waals surface area contributed by atoms with Crippen LogP contribution in [0.1, 0.15) is 37.5 Å². The average Bonchev–Trinajstić information content (AvgIpc) is 2.66. The molecule has 0 heterocycles. The van der Waals surface area contributed by atoms with Crippen LogP contribution in [0.25, 0.3) is 0 Å². The molecular weight excluding hydrogens is 456 g/mol. The number of nitrogens with one attached hydrogen (secondary N) is 2. The van der Waals surface area contributed by atoms with Gasteiger partial charge in [0.25, 0.3) is 0 Å². The van der Waals surface area contributed by atoms with E-state index in [9.17, 15) is 9.50 Å². The van der Waals surface area contributed by atoms with Gasteiger partial charge < -0.3 is 15.7 Å². The van der Waals surface area contributed by atoms with Crippen LogP contribution in [0.3, 0.4) is 0 Å². The summed E-state index contributed by atoms with van der Waals surface area (Å²) in [5.74, 6) is 0.362. The van der Waals surface area contributed by atoms with Gasteiger partial charge in [-0.2, -0.15) is 0 Å². The van der Waals surface area contributed by atoms with Crippen LogP contribution in [-0.4, -0.2) is 30.2 Å². The zero-order chi connectivity index (χ0) is 18.8. The minimum Gasteiger partial charge on any atom is -0.386 e. The molecule has 148 valence electrons. The molecule has 0 aliphatic heterocycles. The SMILES string of the molecule is CCNC(=NCC(O)c1ccc(F)cc1)NC(C)CCc1ccccc1.I. The maximum Gasteiger partial charge on any atom is 0.191 e. The van der Waals surface area contributed by atoms with E-state index in [1.807, 2.05) is 13.0 Å². The first-order chi connectivity index (χ1) is 12.6. The van der Waals surface area contributed by atoms with Crippen molar-refractivity contribution < 1.29 is 9.50 Å². The first-order valence-corrected chi connectivity index (χ1v) is 9.10. The summed E-state index contributed by atoms with van der Waals surface area (Å²) in [5.41, 5.74) is 1.97. The lowest BCUT2D eigenvalue weighted by molar-refractivity contribution is 0.187. The number of halogens is 2. The zero-order valence-electron chi connectivity index (χ0n) is 15.9. The second kappa shape index (κ2) is 12.7. The molecule has 4 nitrogen and oxygen atoms in total. The molecule has 2 aromatic carbocycles. The highest BCUT2D eigenvalue weighted by Crippen LogP contribution is 2.13. The van der Waals surface area contributed by atoms with Crippen LogP contribution < -0.4 is 10.6 Å². The summed E-state index contributed by atoms with van der Waals surface area (Å²) in [6.07, 6.45) is 1.22. The lowest BCUT2D eigenvalue weighted by Gasteiger charge is -2.18. The number of aliphatic hydroxyl groups is 1. The van der Waals surface area contributed by atoms with Gasteiger partial charge in [0.05, 0.1) is 12.6 Å². The molecule has 27 heavy (non-hydrogen) atoms. The van der Waals surface area contributed by atoms with E-state index in [0.717, 1.165) is 19.4 Å². The molecule has 2 aromatic rings. The molecule has 0 saturated carbocycles. The Hall–Kier alpha value is -1.67. The van der Waals surface area contributed by atoms with Crippen LogP contribution in [0.5, 0.6) is 0 Å². The molecule has 0 fully saturated rings. The summed E-state index contributed by atoms with van der Waals surface area (Å²) in [6.45, 7) is 5.07. The quantitative estimate of drug-likeness (QED) is 0.301. The average molecular weight is 485 g/mol. The maximum atomic E-state index is 13.0. The van der Waals surface area contributed by atoms with Gasteiger partial charge in [-0.05, 0) is 49.9 Å². The fraction of sp³-hybridized carbons (Fsp3) is 0.381. The molecule has 2 unspecified atom stereocenters. The van der Waals surface area contributed by atoms with Gasteiger partial charge in [-0.3, -0.25) is 4.99 Å². The Labute approximate surface area is 178 Å². The third-order valence-corrected chi connectivity index (χ3v) is 4.11. The summed E-state index contributed by atoms with van der Waals surface area (Å²) in [5, 5.41) is 16.8. The van der Waals surface area contributed by atoms with E-state index < -0.39 is 6.10 Å². The highest BCUT2D eigenvalue weighted by Gasteiger charge is 2.09. The van der Waals surface area contributed by atoms with Crippen LogP contribution in [0.4, 0.5) is 4.39 Å². The number of hydrogen-bond acceptors (Lipinski definition) is 2. The summed E-state index contributed by atoms with van der Waals surface area (Å²) >= 11 is 0. The van der Waals surface area contributed by atoms with Gasteiger partial charge in [0.1, 0.15) is 5.82 Å². The van der Waals surface area contributed by atoms with Gasteiger partial charge in [0.15, 0.2) is 5.96 Å². The Morgan fingerprint density at radius 3 is 2.41 bits per heavy atom. The van der Waals surface area contributed by atoms with Crippen molar-refractivity contribution in [3.63, 3.8) is 0 Å². The molecule has 3 N–H and O–H groups in total. The fourth-order valence-electron chi connectivity index (χ4n) is 2.62. The highest BCUT2D eigenvalue weighted by molar-refractivity contribution is 14.0. The normalized spacial score (nSPS) is 13.4. The second-order valence-electron chi connectivity index (χ2n) is 6.36. The Kier molecular flexibility index (Phi) is 11.0. The summed E-state index contributed by atoms with van der Waals surface area (Å²) in [4.78, 5) is 4.46. The minimum absolute atomic E-state index is 0. The topological polar surface area (TPSA) is 56.7 Å². The van der Waals surface area contributed by atoms with Gasteiger partial charge in [-0.1, -0.05) is 42.5 Å². The van der Waals surface area contributed by atoms with E-state index in [1.54, 1.807) is 12.1 Å². The smallest absolute Gasteiger partial charge is 0.191 e. The molecule has 0 saturated heterocycles. The maximum absolute atomic E-state index is 13.0. The predicted octanol–water partition coefficient (Wildman–Crippen LogP) is 4.05. The van der Waals surface area contributed by atoms with Crippen LogP contribution in [0.15, 0.2) is 59.6 Å². The first kappa shape index (κ1) is 23.4. The number of aryl methyl sites for hydroxylation is 1. The van der Waals surface area contributed by atoms with Crippen LogP contribution in [0, 0.1) is 5.82 Å². The van der Waals surface area contributed by atoms with Gasteiger partial charge in [-0.15, -0.1) is 24.0 Å². The molecule has 0 radical (unpaired) electrons. The van der Waals surface area contributed by atoms with Crippen LogP contribution >= 0.6 is 24.0 Å². The molecule has 0 bridgehead atoms. The van der Waals surface area contributed by atoms with E-state index in [-0.39, 0.29) is 42.4 Å². The second-order valence-corrected chi connectivity index (χ2v) is 6.36. The Bertz CT molecular complexity index is 680. The number of guanidine groups is 1. The monoisotopic (exact) mass is 485 g/mol. The van der Waals surface area contributed by atoms with Gasteiger partial charge >= 0.3 is 0 Å². The third kappa shape index (κ3) is 8.71. The number of nitrogens with zero attached hydrogens (tertiary/aromatic N) is 1. The third-order valence-electron chi connectivity index (χ3n) is 4.11. The number of aliphatic hydroxyl groups excluding tert-OH is 1. The Balaban J connectivity index is 0.00000364. The van der Waals surface area contributed by atoms with Crippen molar-refractivity contribution in [2.24, 2.45) is 4.99 Å². The first-order valence-electron chi connectivity index (χ1n) is 9.10. The number of hydrogen-bond donors (Lipinski definition) is 3. The molecule has 2 rings (SSSR count). The van der Waals surface area contributed by atoms with Crippen molar-refractivity contribution in [2.75, 3.05) is 13.1 Å². The number of benzene rings is 2. The van der Waals surface area contributed by atoms with E-state index in [2.05, 4.69) is 46.8 Å². The van der Waals surface area contributed by atoms with Gasteiger partial charge in [-0.25, -0.2) is 4.39 Å². The van der Waals surface area contributed by atoms with Crippen molar-refractivity contribution in [2.45, 2.75) is 38.8 Å². The molecule has 2 atom stereocenters. The van der Waals surface area contributed by atoms with Crippen molar-refractivity contribution in [1.29, 1.82) is 0 Å². The highest BCUT2D eigenvalue weighted by atomic mass is 127. The molecule has 0 aliphatic carbocycles. The van der Waals surface area contributed by atoms with Crippen molar-refractivity contribution >= 4 is 29.9 Å². The molecule has 6 heteroatoms. The fourth-order valence-corrected chi connectivity index (χ4v) is 2.62. The van der Waals surface area contributed by atoms with Gasteiger partial charge in [0.2, 0.25) is 0 Å². The van der Waals surface area contributed by atoms with Crippen LogP contribution in [0.2, 0.25) is 0 Å². The van der Waals surface area contributed by atoms with E-state index in [0.29, 0.717) is 11.5 Å².